The molecule has 0 aromatic heterocycles. The first-order valence-corrected chi connectivity index (χ1v) is 7.10. The number of rotatable bonds is 7. The third-order valence-corrected chi connectivity index (χ3v) is 3.15. The van der Waals surface area contributed by atoms with Gasteiger partial charge < -0.3 is 5.32 Å². The molecule has 1 rings (SSSR count). The topological polar surface area (TPSA) is 29.1 Å². The lowest BCUT2D eigenvalue weighted by atomic mass is 10.1. The lowest BCUT2D eigenvalue weighted by Crippen LogP contribution is -2.25. The highest BCUT2D eigenvalue weighted by Gasteiger charge is 2.34. The number of nitrogens with one attached hydrogen (secondary N) is 1. The molecule has 0 heterocycles. The number of amides is 1. The Kier molecular flexibility index (Phi) is 6.95. The van der Waals surface area contributed by atoms with E-state index in [1.165, 1.54) is 0 Å². The second-order valence-corrected chi connectivity index (χ2v) is 4.93. The molecule has 0 unspecified atom stereocenters. The maximum atomic E-state index is 13.1. The van der Waals surface area contributed by atoms with Crippen LogP contribution >= 0.6 is 11.6 Å². The highest BCUT2D eigenvalue weighted by atomic mass is 35.5. The smallest absolute Gasteiger partial charge is 0.352 e. The minimum atomic E-state index is -4.82. The maximum absolute atomic E-state index is 13.1. The molecule has 0 saturated carbocycles. The first-order valence-electron chi connectivity index (χ1n) is 6.57. The van der Waals surface area contributed by atoms with Crippen molar-refractivity contribution < 1.29 is 22.4 Å². The predicted molar refractivity (Wildman–Crippen MR) is 72.9 cm³/mol. The van der Waals surface area contributed by atoms with Crippen molar-refractivity contribution in [2.75, 3.05) is 12.4 Å². The van der Waals surface area contributed by atoms with E-state index < -0.39 is 23.5 Å². The molecule has 0 atom stereocenters. The first-order chi connectivity index (χ1) is 9.86. The van der Waals surface area contributed by atoms with Crippen molar-refractivity contribution in [3.8, 4) is 0 Å². The number of hydrogen-bond donors (Lipinski definition) is 1. The van der Waals surface area contributed by atoms with Gasteiger partial charge in [0.25, 0.3) is 5.91 Å². The van der Waals surface area contributed by atoms with Gasteiger partial charge in [-0.1, -0.05) is 12.8 Å². The van der Waals surface area contributed by atoms with Crippen LogP contribution in [0.3, 0.4) is 0 Å². The van der Waals surface area contributed by atoms with Gasteiger partial charge in [0.2, 0.25) is 0 Å². The summed E-state index contributed by atoms with van der Waals surface area (Å²) in [5.74, 6) is -1.44. The van der Waals surface area contributed by atoms with Gasteiger partial charge in [-0.2, -0.15) is 13.2 Å². The molecule has 0 spiro atoms. The highest BCUT2D eigenvalue weighted by Crippen LogP contribution is 2.31. The van der Waals surface area contributed by atoms with Crippen LogP contribution in [0.5, 0.6) is 0 Å². The van der Waals surface area contributed by atoms with Gasteiger partial charge in [0.15, 0.2) is 0 Å². The van der Waals surface area contributed by atoms with E-state index in [1.54, 1.807) is 0 Å². The quantitative estimate of drug-likeness (QED) is 0.450. The van der Waals surface area contributed by atoms with Crippen molar-refractivity contribution in [1.29, 1.82) is 0 Å². The van der Waals surface area contributed by atoms with Crippen molar-refractivity contribution in [2.24, 2.45) is 0 Å². The Bertz CT molecular complexity index is 477. The van der Waals surface area contributed by atoms with Crippen LogP contribution < -0.4 is 5.32 Å². The summed E-state index contributed by atoms with van der Waals surface area (Å²) >= 11 is 5.52. The number of carbonyl (C=O) groups is 1. The van der Waals surface area contributed by atoms with E-state index in [0.717, 1.165) is 31.7 Å². The summed E-state index contributed by atoms with van der Waals surface area (Å²) in [5, 5.41) is 2.51. The number of carbonyl (C=O) groups excluding carboxylic acids is 1. The van der Waals surface area contributed by atoms with Gasteiger partial charge in [-0.05, 0) is 31.0 Å². The summed E-state index contributed by atoms with van der Waals surface area (Å²) in [5.41, 5.74) is -1.64. The first kappa shape index (κ1) is 17.8. The minimum Gasteiger partial charge on any atom is -0.352 e. The Morgan fingerprint density at radius 2 is 1.81 bits per heavy atom. The van der Waals surface area contributed by atoms with Crippen LogP contribution in [-0.4, -0.2) is 18.3 Å². The average molecular weight is 326 g/mol. The molecule has 0 radical (unpaired) electrons. The van der Waals surface area contributed by atoms with Crippen molar-refractivity contribution in [3.05, 3.63) is 35.1 Å². The molecule has 1 amide bonds. The molecule has 118 valence electrons. The third-order valence-electron chi connectivity index (χ3n) is 2.88. The molecule has 0 aliphatic carbocycles. The Balaban J connectivity index is 2.55. The van der Waals surface area contributed by atoms with E-state index in [1.807, 2.05) is 0 Å². The van der Waals surface area contributed by atoms with Gasteiger partial charge in [-0.15, -0.1) is 11.6 Å². The minimum absolute atomic E-state index is 0.204. The molecule has 2 nitrogen and oxygen atoms in total. The van der Waals surface area contributed by atoms with Crippen LogP contribution in [0, 0.1) is 5.82 Å². The highest BCUT2D eigenvalue weighted by molar-refractivity contribution is 6.17. The summed E-state index contributed by atoms with van der Waals surface area (Å²) in [6.45, 7) is 0.361. The molecule has 21 heavy (non-hydrogen) atoms. The monoisotopic (exact) mass is 325 g/mol. The van der Waals surface area contributed by atoms with Gasteiger partial charge in [-0.25, -0.2) is 4.39 Å². The maximum Gasteiger partial charge on any atom is 0.419 e. The zero-order valence-corrected chi connectivity index (χ0v) is 12.0. The van der Waals surface area contributed by atoms with Crippen molar-refractivity contribution in [3.63, 3.8) is 0 Å². The predicted octanol–water partition coefficient (Wildman–Crippen LogP) is 4.37. The normalized spacial score (nSPS) is 11.5. The summed E-state index contributed by atoms with van der Waals surface area (Å²) < 4.78 is 50.7. The third kappa shape index (κ3) is 5.91. The molecule has 0 fully saturated rings. The summed E-state index contributed by atoms with van der Waals surface area (Å²) in [6.07, 6.45) is -1.39. The largest absolute Gasteiger partial charge is 0.419 e. The summed E-state index contributed by atoms with van der Waals surface area (Å²) in [6, 6.07) is 2.21. The molecule has 7 heteroatoms. The molecule has 1 aromatic rings. The van der Waals surface area contributed by atoms with E-state index in [0.29, 0.717) is 24.6 Å². The fourth-order valence-corrected chi connectivity index (χ4v) is 1.95. The molecular weight excluding hydrogens is 310 g/mol. The fourth-order valence-electron chi connectivity index (χ4n) is 1.76. The Morgan fingerprint density at radius 3 is 2.43 bits per heavy atom. The molecule has 1 aromatic carbocycles. The van der Waals surface area contributed by atoms with E-state index >= 15 is 0 Å². The summed E-state index contributed by atoms with van der Waals surface area (Å²) in [7, 11) is 0. The van der Waals surface area contributed by atoms with Crippen LogP contribution in [0.2, 0.25) is 0 Å². The van der Waals surface area contributed by atoms with Crippen LogP contribution in [0.15, 0.2) is 18.2 Å². The van der Waals surface area contributed by atoms with Crippen molar-refractivity contribution in [2.45, 2.75) is 31.9 Å². The lowest BCUT2D eigenvalue weighted by molar-refractivity contribution is -0.140. The van der Waals surface area contributed by atoms with Gasteiger partial charge in [0, 0.05) is 18.0 Å². The SMILES string of the molecule is O=C(NCCCCCCCl)c1ccc(F)c(C(F)(F)F)c1. The van der Waals surface area contributed by atoms with Crippen LogP contribution in [0.4, 0.5) is 17.6 Å². The number of hydrogen-bond acceptors (Lipinski definition) is 1. The Hall–Kier alpha value is -1.30. The molecule has 0 saturated heterocycles. The Morgan fingerprint density at radius 1 is 1.14 bits per heavy atom. The second-order valence-electron chi connectivity index (χ2n) is 4.55. The van der Waals surface area contributed by atoms with Crippen molar-refractivity contribution in [1.82, 2.24) is 5.32 Å². The zero-order valence-electron chi connectivity index (χ0n) is 11.3. The van der Waals surface area contributed by atoms with E-state index in [4.69, 9.17) is 11.6 Å². The molecular formula is C14H16ClF4NO. The standard InChI is InChI=1S/C14H16ClF4NO/c15-7-3-1-2-4-8-20-13(21)10-5-6-12(16)11(9-10)14(17,18)19/h5-6,9H,1-4,7-8H2,(H,20,21). The van der Waals surface area contributed by atoms with Crippen LogP contribution in [0.25, 0.3) is 0 Å². The van der Waals surface area contributed by atoms with E-state index in [2.05, 4.69) is 5.32 Å². The van der Waals surface area contributed by atoms with E-state index in [-0.39, 0.29) is 5.56 Å². The lowest BCUT2D eigenvalue weighted by Gasteiger charge is -2.10. The fraction of sp³-hybridized carbons (Fsp3) is 0.500. The van der Waals surface area contributed by atoms with Gasteiger partial charge in [-0.3, -0.25) is 4.79 Å². The van der Waals surface area contributed by atoms with Crippen molar-refractivity contribution >= 4 is 17.5 Å². The zero-order chi connectivity index (χ0) is 15.9. The second kappa shape index (κ2) is 8.22. The molecule has 1 N–H and O–H groups in total. The average Bonchev–Trinajstić information content (AvgIpc) is 2.41. The molecule has 0 aliphatic rings. The molecule has 0 bridgehead atoms. The number of unbranched alkanes of at least 4 members (excludes halogenated alkanes) is 3. The summed E-state index contributed by atoms with van der Waals surface area (Å²) in [4.78, 5) is 11.7. The Labute approximate surface area is 125 Å². The van der Waals surface area contributed by atoms with Gasteiger partial charge >= 0.3 is 6.18 Å². The van der Waals surface area contributed by atoms with Crippen LogP contribution in [-0.2, 0) is 6.18 Å². The van der Waals surface area contributed by atoms with Gasteiger partial charge in [0.05, 0.1) is 5.56 Å². The number of benzene rings is 1. The number of halogens is 5. The van der Waals surface area contributed by atoms with Crippen LogP contribution in [0.1, 0.15) is 41.6 Å². The van der Waals surface area contributed by atoms with Gasteiger partial charge in [0.1, 0.15) is 5.82 Å². The molecule has 0 aliphatic heterocycles. The van der Waals surface area contributed by atoms with E-state index in [9.17, 15) is 22.4 Å². The number of alkyl halides is 4.